The summed E-state index contributed by atoms with van der Waals surface area (Å²) in [5, 5.41) is 0. The van der Waals surface area contributed by atoms with Gasteiger partial charge in [-0.2, -0.15) is 0 Å². The van der Waals surface area contributed by atoms with Crippen LogP contribution in [0.5, 0.6) is 0 Å². The van der Waals surface area contributed by atoms with Crippen molar-refractivity contribution in [2.45, 2.75) is 13.3 Å². The highest BCUT2D eigenvalue weighted by molar-refractivity contribution is 7.80. The lowest BCUT2D eigenvalue weighted by atomic mass is 10.1. The maximum absolute atomic E-state index is 13.4. The van der Waals surface area contributed by atoms with E-state index in [1.807, 2.05) is 0 Å². The normalized spacial score (nSPS) is 12.0. The van der Waals surface area contributed by atoms with Gasteiger partial charge in [0, 0.05) is 25.1 Å². The highest BCUT2D eigenvalue weighted by Crippen LogP contribution is 2.13. The van der Waals surface area contributed by atoms with Crippen molar-refractivity contribution in [3.05, 3.63) is 35.4 Å². The van der Waals surface area contributed by atoms with Crippen LogP contribution in [0.1, 0.15) is 12.5 Å². The van der Waals surface area contributed by atoms with Crippen LogP contribution in [0.3, 0.4) is 0 Å². The Labute approximate surface area is 116 Å². The first kappa shape index (κ1) is 15.5. The summed E-state index contributed by atoms with van der Waals surface area (Å²) in [4.78, 5) is 13.6. The number of halogens is 2. The number of hydrogen-bond acceptors (Lipinski definition) is 2. The summed E-state index contributed by atoms with van der Waals surface area (Å²) in [6.45, 7) is 2.15. The molecule has 0 heterocycles. The molecule has 0 spiro atoms. The predicted octanol–water partition coefficient (Wildman–Crippen LogP) is 1.89. The van der Waals surface area contributed by atoms with Crippen molar-refractivity contribution < 1.29 is 13.6 Å². The monoisotopic (exact) mass is 286 g/mol. The van der Waals surface area contributed by atoms with Gasteiger partial charge < -0.3 is 10.6 Å². The van der Waals surface area contributed by atoms with Gasteiger partial charge in [-0.3, -0.25) is 4.79 Å². The first-order chi connectivity index (χ1) is 8.82. The third-order valence-corrected chi connectivity index (χ3v) is 3.23. The molecule has 104 valence electrons. The summed E-state index contributed by atoms with van der Waals surface area (Å²) < 4.78 is 26.4. The Balaban J connectivity index is 2.69. The zero-order chi connectivity index (χ0) is 14.6. The molecule has 1 amide bonds. The number of carbonyl (C=O) groups is 1. The summed E-state index contributed by atoms with van der Waals surface area (Å²) in [5.41, 5.74) is 5.51. The number of rotatable bonds is 5. The van der Waals surface area contributed by atoms with Crippen molar-refractivity contribution in [3.8, 4) is 0 Å². The van der Waals surface area contributed by atoms with E-state index < -0.39 is 11.6 Å². The van der Waals surface area contributed by atoms with Crippen LogP contribution in [0, 0.1) is 17.6 Å². The van der Waals surface area contributed by atoms with Crippen LogP contribution in [0.2, 0.25) is 0 Å². The van der Waals surface area contributed by atoms with Gasteiger partial charge in [0.15, 0.2) is 11.6 Å². The molecule has 0 saturated carbocycles. The molecule has 0 bridgehead atoms. The first-order valence-electron chi connectivity index (χ1n) is 5.79. The zero-order valence-electron chi connectivity index (χ0n) is 10.8. The van der Waals surface area contributed by atoms with E-state index in [0.717, 1.165) is 6.07 Å². The highest BCUT2D eigenvalue weighted by Gasteiger charge is 2.17. The molecule has 1 rings (SSSR count). The van der Waals surface area contributed by atoms with Crippen LogP contribution in [0.25, 0.3) is 0 Å². The lowest BCUT2D eigenvalue weighted by Crippen LogP contribution is -2.36. The number of nitrogens with two attached hydrogens (primary N) is 1. The average molecular weight is 286 g/mol. The fourth-order valence-corrected chi connectivity index (χ4v) is 1.66. The average Bonchev–Trinajstić information content (AvgIpc) is 2.34. The molecule has 0 aliphatic rings. The van der Waals surface area contributed by atoms with Crippen LogP contribution in [-0.2, 0) is 11.2 Å². The first-order valence-corrected chi connectivity index (χ1v) is 6.20. The maximum Gasteiger partial charge on any atom is 0.226 e. The molecule has 0 aliphatic heterocycles. The van der Waals surface area contributed by atoms with Crippen LogP contribution in [-0.4, -0.2) is 29.4 Å². The third kappa shape index (κ3) is 4.24. The molecule has 1 atom stereocenters. The van der Waals surface area contributed by atoms with E-state index in [1.165, 1.54) is 17.0 Å². The minimum atomic E-state index is -0.980. The minimum Gasteiger partial charge on any atom is -0.393 e. The van der Waals surface area contributed by atoms with Crippen LogP contribution >= 0.6 is 12.2 Å². The largest absolute Gasteiger partial charge is 0.393 e. The Morgan fingerprint density at radius 2 is 2.11 bits per heavy atom. The second-order valence-electron chi connectivity index (χ2n) is 4.47. The molecule has 3 nitrogen and oxygen atoms in total. The number of likely N-dealkylation sites (N-methyl/N-ethyl adjacent to an activating group) is 1. The Kier molecular flexibility index (Phi) is 5.35. The summed E-state index contributed by atoms with van der Waals surface area (Å²) in [6.07, 6.45) is -0.190. The molecule has 0 saturated heterocycles. The topological polar surface area (TPSA) is 46.3 Å². The van der Waals surface area contributed by atoms with Gasteiger partial charge in [-0.25, -0.2) is 8.78 Å². The number of nitrogens with zero attached hydrogens (tertiary/aromatic N) is 1. The van der Waals surface area contributed by atoms with Crippen LogP contribution < -0.4 is 5.73 Å². The molecular weight excluding hydrogens is 270 g/mol. The van der Waals surface area contributed by atoms with E-state index >= 15 is 0 Å². The number of thiocarbonyl (C=S) groups is 1. The third-order valence-electron chi connectivity index (χ3n) is 2.83. The summed E-state index contributed by atoms with van der Waals surface area (Å²) in [5.74, 6) is -2.37. The molecule has 0 radical (unpaired) electrons. The summed E-state index contributed by atoms with van der Waals surface area (Å²) >= 11 is 4.82. The molecule has 1 aromatic rings. The number of benzene rings is 1. The van der Waals surface area contributed by atoms with Gasteiger partial charge in [0.05, 0.1) is 11.4 Å². The van der Waals surface area contributed by atoms with E-state index in [0.29, 0.717) is 11.5 Å². The molecule has 0 fully saturated rings. The molecule has 6 heteroatoms. The van der Waals surface area contributed by atoms with Gasteiger partial charge in [-0.05, 0) is 6.07 Å². The van der Waals surface area contributed by atoms with Crippen molar-refractivity contribution in [3.63, 3.8) is 0 Å². The highest BCUT2D eigenvalue weighted by atomic mass is 32.1. The van der Waals surface area contributed by atoms with Crippen LogP contribution in [0.15, 0.2) is 18.2 Å². The molecule has 0 aromatic heterocycles. The maximum atomic E-state index is 13.4. The molecule has 0 aliphatic carbocycles. The Hall–Kier alpha value is -1.56. The fraction of sp³-hybridized carbons (Fsp3) is 0.385. The number of carbonyl (C=O) groups excluding carboxylic acids is 1. The predicted molar refractivity (Wildman–Crippen MR) is 73.6 cm³/mol. The van der Waals surface area contributed by atoms with Crippen molar-refractivity contribution in [1.82, 2.24) is 4.90 Å². The number of hydrogen-bond donors (Lipinski definition) is 1. The zero-order valence-corrected chi connectivity index (χ0v) is 11.6. The molecule has 1 aromatic carbocycles. The van der Waals surface area contributed by atoms with Crippen molar-refractivity contribution >= 4 is 23.1 Å². The summed E-state index contributed by atoms with van der Waals surface area (Å²) in [6, 6.07) is 3.78. The second-order valence-corrected chi connectivity index (χ2v) is 4.94. The van der Waals surface area contributed by atoms with Crippen LogP contribution in [0.4, 0.5) is 8.78 Å². The molecule has 2 N–H and O–H groups in total. The van der Waals surface area contributed by atoms with E-state index in [1.54, 1.807) is 14.0 Å². The minimum absolute atomic E-state index is 0.0415. The Morgan fingerprint density at radius 1 is 1.47 bits per heavy atom. The number of amides is 1. The van der Waals surface area contributed by atoms with Crippen molar-refractivity contribution in [2.75, 3.05) is 13.6 Å². The lowest BCUT2D eigenvalue weighted by Gasteiger charge is -2.21. The fourth-order valence-electron chi connectivity index (χ4n) is 1.59. The van der Waals surface area contributed by atoms with Gasteiger partial charge in [-0.15, -0.1) is 0 Å². The standard InChI is InChI=1S/C13H16F2N2OS/c1-8(13(16)19)7-17(2)11(18)6-9-4-3-5-10(14)12(9)15/h3-5,8H,6-7H2,1-2H3,(H2,16,19). The SMILES string of the molecule is CC(CN(C)C(=O)Cc1cccc(F)c1F)C(N)=S. The Morgan fingerprint density at radius 3 is 2.68 bits per heavy atom. The molecule has 19 heavy (non-hydrogen) atoms. The van der Waals surface area contributed by atoms with E-state index in [-0.39, 0.29) is 23.8 Å². The quantitative estimate of drug-likeness (QED) is 0.841. The molecular formula is C13H16F2N2OS. The van der Waals surface area contributed by atoms with E-state index in [9.17, 15) is 13.6 Å². The van der Waals surface area contributed by atoms with Gasteiger partial charge >= 0.3 is 0 Å². The van der Waals surface area contributed by atoms with Gasteiger partial charge in [0.1, 0.15) is 0 Å². The second kappa shape index (κ2) is 6.56. The lowest BCUT2D eigenvalue weighted by molar-refractivity contribution is -0.129. The smallest absolute Gasteiger partial charge is 0.226 e. The van der Waals surface area contributed by atoms with Gasteiger partial charge in [0.2, 0.25) is 5.91 Å². The molecule has 1 unspecified atom stereocenters. The van der Waals surface area contributed by atoms with Crippen molar-refractivity contribution in [2.24, 2.45) is 11.7 Å². The van der Waals surface area contributed by atoms with Crippen molar-refractivity contribution in [1.29, 1.82) is 0 Å². The Bertz CT molecular complexity index is 494. The van der Waals surface area contributed by atoms with E-state index in [4.69, 9.17) is 18.0 Å². The van der Waals surface area contributed by atoms with Gasteiger partial charge in [-0.1, -0.05) is 31.3 Å². The van der Waals surface area contributed by atoms with E-state index in [2.05, 4.69) is 0 Å². The summed E-state index contributed by atoms with van der Waals surface area (Å²) in [7, 11) is 1.58. The van der Waals surface area contributed by atoms with Gasteiger partial charge in [0.25, 0.3) is 0 Å².